The normalized spacial score (nSPS) is 13.5. The van der Waals surface area contributed by atoms with Crippen LogP contribution in [-0.2, 0) is 16.4 Å². The fourth-order valence-corrected chi connectivity index (χ4v) is 2.92. The Morgan fingerprint density at radius 3 is 2.47 bits per heavy atom. The molecule has 0 aromatic heterocycles. The molecule has 0 saturated heterocycles. The highest BCUT2D eigenvalue weighted by Crippen LogP contribution is 2.07. The van der Waals surface area contributed by atoms with Crippen molar-refractivity contribution in [2.24, 2.45) is 5.92 Å². The van der Waals surface area contributed by atoms with Crippen molar-refractivity contribution in [3.05, 3.63) is 35.9 Å². The zero-order valence-corrected chi connectivity index (χ0v) is 11.3. The Kier molecular flexibility index (Phi) is 5.65. The number of sulfonamides is 1. The Morgan fingerprint density at radius 2 is 1.88 bits per heavy atom. The predicted octanol–water partition coefficient (Wildman–Crippen LogP) is 2.19. The summed E-state index contributed by atoms with van der Waals surface area (Å²) in [6.45, 7) is 4.44. The first-order valence-corrected chi connectivity index (χ1v) is 7.70. The van der Waals surface area contributed by atoms with Gasteiger partial charge in [-0.15, -0.1) is 0 Å². The van der Waals surface area contributed by atoms with Crippen molar-refractivity contribution in [2.45, 2.75) is 26.7 Å². The molecule has 1 aromatic rings. The molecule has 0 bridgehead atoms. The maximum atomic E-state index is 11.5. The highest BCUT2D eigenvalue weighted by molar-refractivity contribution is 7.89. The van der Waals surface area contributed by atoms with Crippen molar-refractivity contribution < 1.29 is 8.42 Å². The molecule has 0 aliphatic carbocycles. The maximum Gasteiger partial charge on any atom is 0.211 e. The lowest BCUT2D eigenvalue weighted by Crippen LogP contribution is -2.30. The quantitative estimate of drug-likeness (QED) is 0.812. The fourth-order valence-electron chi connectivity index (χ4n) is 1.70. The first-order chi connectivity index (χ1) is 8.03. The van der Waals surface area contributed by atoms with Gasteiger partial charge in [-0.25, -0.2) is 13.1 Å². The summed E-state index contributed by atoms with van der Waals surface area (Å²) in [5, 5.41) is 0. The van der Waals surface area contributed by atoms with E-state index in [1.54, 1.807) is 0 Å². The van der Waals surface area contributed by atoms with Crippen LogP contribution >= 0.6 is 0 Å². The largest absolute Gasteiger partial charge is 0.215 e. The van der Waals surface area contributed by atoms with Gasteiger partial charge in [-0.2, -0.15) is 0 Å². The van der Waals surface area contributed by atoms with Crippen molar-refractivity contribution >= 4 is 10.0 Å². The third-order valence-corrected chi connectivity index (χ3v) is 4.10. The Bertz CT molecular complexity index is 414. The van der Waals surface area contributed by atoms with Gasteiger partial charge in [-0.1, -0.05) is 44.2 Å². The number of nitrogens with one attached hydrogen (secondary N) is 1. The fraction of sp³-hybridized carbons (Fsp3) is 0.538. The van der Waals surface area contributed by atoms with Crippen molar-refractivity contribution in [1.29, 1.82) is 0 Å². The van der Waals surface area contributed by atoms with Crippen LogP contribution in [0.1, 0.15) is 25.8 Å². The first kappa shape index (κ1) is 14.2. The van der Waals surface area contributed by atoms with E-state index < -0.39 is 10.0 Å². The van der Waals surface area contributed by atoms with Crippen LogP contribution in [0.3, 0.4) is 0 Å². The summed E-state index contributed by atoms with van der Waals surface area (Å²) in [6.07, 6.45) is 1.55. The first-order valence-electron chi connectivity index (χ1n) is 6.04. The van der Waals surface area contributed by atoms with Crippen LogP contribution in [0.25, 0.3) is 0 Å². The van der Waals surface area contributed by atoms with Gasteiger partial charge in [0.15, 0.2) is 0 Å². The molecule has 1 aromatic carbocycles. The van der Waals surface area contributed by atoms with E-state index in [0.29, 0.717) is 18.9 Å². The minimum atomic E-state index is -3.07. The smallest absolute Gasteiger partial charge is 0.211 e. The van der Waals surface area contributed by atoms with Crippen LogP contribution in [0.4, 0.5) is 0 Å². The van der Waals surface area contributed by atoms with Crippen LogP contribution in [0.5, 0.6) is 0 Å². The molecule has 0 radical (unpaired) electrons. The van der Waals surface area contributed by atoms with E-state index in [4.69, 9.17) is 0 Å². The molecule has 1 unspecified atom stereocenters. The average molecular weight is 255 g/mol. The summed E-state index contributed by atoms with van der Waals surface area (Å²) in [5.74, 6) is 0.523. The second kappa shape index (κ2) is 6.77. The molecule has 0 aliphatic rings. The summed E-state index contributed by atoms with van der Waals surface area (Å²) < 4.78 is 25.6. The number of benzene rings is 1. The van der Waals surface area contributed by atoms with Gasteiger partial charge in [0.2, 0.25) is 10.0 Å². The molecule has 0 amide bonds. The number of hydrogen-bond acceptors (Lipinski definition) is 2. The van der Waals surface area contributed by atoms with E-state index in [0.717, 1.165) is 6.42 Å². The van der Waals surface area contributed by atoms with Gasteiger partial charge in [-0.3, -0.25) is 0 Å². The van der Waals surface area contributed by atoms with Gasteiger partial charge in [0, 0.05) is 6.54 Å². The third kappa shape index (κ3) is 5.84. The molecule has 0 aliphatic heterocycles. The lowest BCUT2D eigenvalue weighted by atomic mass is 10.0. The molecule has 0 saturated carbocycles. The number of rotatable bonds is 7. The highest BCUT2D eigenvalue weighted by Gasteiger charge is 2.10. The highest BCUT2D eigenvalue weighted by atomic mass is 32.2. The van der Waals surface area contributed by atoms with E-state index in [2.05, 4.69) is 23.8 Å². The summed E-state index contributed by atoms with van der Waals surface area (Å²) in [4.78, 5) is 0. The van der Waals surface area contributed by atoms with Crippen LogP contribution in [0, 0.1) is 5.92 Å². The van der Waals surface area contributed by atoms with Gasteiger partial charge in [0.05, 0.1) is 5.75 Å². The zero-order valence-electron chi connectivity index (χ0n) is 10.5. The predicted molar refractivity (Wildman–Crippen MR) is 71.4 cm³/mol. The van der Waals surface area contributed by atoms with E-state index in [-0.39, 0.29) is 5.75 Å². The van der Waals surface area contributed by atoms with Crippen molar-refractivity contribution in [3.63, 3.8) is 0 Å². The van der Waals surface area contributed by atoms with Crippen LogP contribution in [-0.4, -0.2) is 20.7 Å². The standard InChI is InChI=1S/C13H21NO2S/c1-3-9-17(15,16)14-11-12(2)10-13-7-5-4-6-8-13/h4-8,12,14H,3,9-11H2,1-2H3. The molecule has 4 heteroatoms. The number of hydrogen-bond donors (Lipinski definition) is 1. The molecular formula is C13H21NO2S. The monoisotopic (exact) mass is 255 g/mol. The van der Waals surface area contributed by atoms with Gasteiger partial charge in [-0.05, 0) is 24.3 Å². The molecule has 0 fully saturated rings. The van der Waals surface area contributed by atoms with Crippen LogP contribution in [0.2, 0.25) is 0 Å². The molecule has 1 atom stereocenters. The topological polar surface area (TPSA) is 46.2 Å². The molecule has 1 rings (SSSR count). The van der Waals surface area contributed by atoms with Gasteiger partial charge in [0.1, 0.15) is 0 Å². The van der Waals surface area contributed by atoms with Crippen molar-refractivity contribution in [3.8, 4) is 0 Å². The van der Waals surface area contributed by atoms with Crippen LogP contribution < -0.4 is 4.72 Å². The molecule has 0 spiro atoms. The Labute approximate surface area is 104 Å². The van der Waals surface area contributed by atoms with Gasteiger partial charge in [0.25, 0.3) is 0 Å². The van der Waals surface area contributed by atoms with Gasteiger partial charge < -0.3 is 0 Å². The molecule has 1 N–H and O–H groups in total. The lowest BCUT2D eigenvalue weighted by Gasteiger charge is -2.12. The molecule has 17 heavy (non-hydrogen) atoms. The van der Waals surface area contributed by atoms with Crippen LogP contribution in [0.15, 0.2) is 30.3 Å². The molecule has 96 valence electrons. The molecule has 3 nitrogen and oxygen atoms in total. The lowest BCUT2D eigenvalue weighted by molar-refractivity contribution is 0.536. The minimum absolute atomic E-state index is 0.213. The molecular weight excluding hydrogens is 234 g/mol. The van der Waals surface area contributed by atoms with Crippen molar-refractivity contribution in [2.75, 3.05) is 12.3 Å². The second-order valence-electron chi connectivity index (χ2n) is 4.46. The van der Waals surface area contributed by atoms with E-state index in [9.17, 15) is 8.42 Å². The molecule has 0 heterocycles. The Hall–Kier alpha value is -0.870. The SMILES string of the molecule is CCCS(=O)(=O)NCC(C)Cc1ccccc1. The van der Waals surface area contributed by atoms with E-state index in [1.807, 2.05) is 25.1 Å². The van der Waals surface area contributed by atoms with E-state index >= 15 is 0 Å². The zero-order chi connectivity index (χ0) is 12.7. The Balaban J connectivity index is 2.38. The minimum Gasteiger partial charge on any atom is -0.215 e. The maximum absolute atomic E-state index is 11.5. The average Bonchev–Trinajstić information content (AvgIpc) is 2.28. The van der Waals surface area contributed by atoms with Crippen molar-refractivity contribution in [1.82, 2.24) is 4.72 Å². The Morgan fingerprint density at radius 1 is 1.24 bits per heavy atom. The summed E-state index contributed by atoms with van der Waals surface area (Å²) >= 11 is 0. The second-order valence-corrected chi connectivity index (χ2v) is 6.39. The third-order valence-electron chi connectivity index (χ3n) is 2.55. The summed E-state index contributed by atoms with van der Waals surface area (Å²) in [5.41, 5.74) is 1.25. The van der Waals surface area contributed by atoms with Gasteiger partial charge >= 0.3 is 0 Å². The summed E-state index contributed by atoms with van der Waals surface area (Å²) in [7, 11) is -3.07. The summed E-state index contributed by atoms with van der Waals surface area (Å²) in [6, 6.07) is 10.1. The van der Waals surface area contributed by atoms with E-state index in [1.165, 1.54) is 5.56 Å².